The van der Waals surface area contributed by atoms with E-state index in [-0.39, 0.29) is 12.3 Å². The molecule has 1 radical (unpaired) electrons. The van der Waals surface area contributed by atoms with Gasteiger partial charge in [0, 0.05) is 12.1 Å². The second kappa shape index (κ2) is 4.57. The van der Waals surface area contributed by atoms with Crippen LogP contribution in [0.4, 0.5) is 5.69 Å². The SMILES string of the molecule is [CH2]C(O)COc1ccc([N+](=O)[O-])cc1. The number of nitrogens with zero attached hydrogens (tertiary/aromatic N) is 1. The van der Waals surface area contributed by atoms with Crippen molar-refractivity contribution in [1.29, 1.82) is 0 Å². The van der Waals surface area contributed by atoms with E-state index in [1.54, 1.807) is 0 Å². The van der Waals surface area contributed by atoms with Gasteiger partial charge in [-0.3, -0.25) is 10.1 Å². The van der Waals surface area contributed by atoms with Gasteiger partial charge in [-0.2, -0.15) is 0 Å². The fourth-order valence-electron chi connectivity index (χ4n) is 0.856. The number of aliphatic hydroxyl groups excluding tert-OH is 1. The van der Waals surface area contributed by atoms with Gasteiger partial charge in [0.25, 0.3) is 5.69 Å². The standard InChI is InChI=1S/C9H10NO4/c1-7(11)6-14-9-4-2-8(3-5-9)10(12)13/h2-5,7,11H,1,6H2. The fourth-order valence-corrected chi connectivity index (χ4v) is 0.856. The molecule has 5 nitrogen and oxygen atoms in total. The molecule has 0 amide bonds. The van der Waals surface area contributed by atoms with Crippen LogP contribution >= 0.6 is 0 Å². The minimum atomic E-state index is -0.801. The molecule has 1 unspecified atom stereocenters. The average molecular weight is 196 g/mol. The average Bonchev–Trinajstić information content (AvgIpc) is 2.15. The lowest BCUT2D eigenvalue weighted by atomic mass is 10.3. The van der Waals surface area contributed by atoms with Gasteiger partial charge in [0.15, 0.2) is 0 Å². The minimum absolute atomic E-state index is 0.00696. The Bertz CT molecular complexity index is 307. The van der Waals surface area contributed by atoms with Gasteiger partial charge in [0.2, 0.25) is 0 Å². The van der Waals surface area contributed by atoms with Crippen molar-refractivity contribution < 1.29 is 14.8 Å². The maximum Gasteiger partial charge on any atom is 0.269 e. The van der Waals surface area contributed by atoms with Crippen molar-refractivity contribution in [2.45, 2.75) is 6.10 Å². The van der Waals surface area contributed by atoms with Gasteiger partial charge < -0.3 is 9.84 Å². The van der Waals surface area contributed by atoms with Crippen LogP contribution in [0.3, 0.4) is 0 Å². The lowest BCUT2D eigenvalue weighted by molar-refractivity contribution is -0.384. The Balaban J connectivity index is 2.60. The molecule has 1 atom stereocenters. The van der Waals surface area contributed by atoms with Gasteiger partial charge in [0.05, 0.1) is 11.0 Å². The Morgan fingerprint density at radius 1 is 1.50 bits per heavy atom. The smallest absolute Gasteiger partial charge is 0.269 e. The zero-order valence-corrected chi connectivity index (χ0v) is 7.42. The highest BCUT2D eigenvalue weighted by Crippen LogP contribution is 2.17. The van der Waals surface area contributed by atoms with E-state index in [9.17, 15) is 10.1 Å². The third-order valence-corrected chi connectivity index (χ3v) is 1.49. The zero-order valence-electron chi connectivity index (χ0n) is 7.42. The van der Waals surface area contributed by atoms with Gasteiger partial charge in [-0.15, -0.1) is 0 Å². The molecule has 0 fully saturated rings. The first kappa shape index (κ1) is 10.5. The number of rotatable bonds is 4. The quantitative estimate of drug-likeness (QED) is 0.579. The van der Waals surface area contributed by atoms with E-state index in [0.717, 1.165) is 0 Å². The summed E-state index contributed by atoms with van der Waals surface area (Å²) >= 11 is 0. The molecule has 0 saturated carbocycles. The van der Waals surface area contributed by atoms with Crippen LogP contribution in [0.5, 0.6) is 5.75 Å². The molecular formula is C9H10NO4. The second-order valence-electron chi connectivity index (χ2n) is 2.72. The summed E-state index contributed by atoms with van der Waals surface area (Å²) in [7, 11) is 0. The Morgan fingerprint density at radius 3 is 2.50 bits per heavy atom. The van der Waals surface area contributed by atoms with Crippen molar-refractivity contribution in [3.8, 4) is 5.75 Å². The molecular weight excluding hydrogens is 186 g/mol. The molecule has 75 valence electrons. The predicted molar refractivity (Wildman–Crippen MR) is 50.0 cm³/mol. The van der Waals surface area contributed by atoms with Crippen LogP contribution in [0.25, 0.3) is 0 Å². The summed E-state index contributed by atoms with van der Waals surface area (Å²) in [5, 5.41) is 19.1. The fraction of sp³-hybridized carbons (Fsp3) is 0.222. The van der Waals surface area contributed by atoms with E-state index in [4.69, 9.17) is 9.84 Å². The monoisotopic (exact) mass is 196 g/mol. The third-order valence-electron chi connectivity index (χ3n) is 1.49. The lowest BCUT2D eigenvalue weighted by Crippen LogP contribution is -2.12. The van der Waals surface area contributed by atoms with Crippen LogP contribution in [-0.4, -0.2) is 22.7 Å². The van der Waals surface area contributed by atoms with Gasteiger partial charge >= 0.3 is 0 Å². The first-order valence-electron chi connectivity index (χ1n) is 3.98. The number of nitro benzene ring substituents is 1. The molecule has 1 aromatic rings. The molecule has 0 spiro atoms. The number of non-ortho nitro benzene ring substituents is 1. The van der Waals surface area contributed by atoms with Gasteiger partial charge in [-0.25, -0.2) is 0 Å². The highest BCUT2D eigenvalue weighted by atomic mass is 16.6. The number of ether oxygens (including phenoxy) is 1. The van der Waals surface area contributed by atoms with E-state index in [1.807, 2.05) is 0 Å². The molecule has 0 aliphatic heterocycles. The highest BCUT2D eigenvalue weighted by molar-refractivity contribution is 5.35. The summed E-state index contributed by atoms with van der Waals surface area (Å²) in [6.45, 7) is 3.39. The molecule has 0 heterocycles. The Hall–Kier alpha value is -1.62. The Labute approximate surface area is 81.1 Å². The van der Waals surface area contributed by atoms with Crippen LogP contribution in [0.1, 0.15) is 0 Å². The number of hydrogen-bond donors (Lipinski definition) is 1. The zero-order chi connectivity index (χ0) is 10.6. The Kier molecular flexibility index (Phi) is 3.41. The number of benzene rings is 1. The summed E-state index contributed by atoms with van der Waals surface area (Å²) in [5.41, 5.74) is 0.00696. The molecule has 0 bridgehead atoms. The predicted octanol–water partition coefficient (Wildman–Crippen LogP) is 1.17. The van der Waals surface area contributed by atoms with Crippen LogP contribution in [0.2, 0.25) is 0 Å². The first-order valence-corrected chi connectivity index (χ1v) is 3.98. The summed E-state index contributed by atoms with van der Waals surface area (Å²) in [4.78, 5) is 9.81. The third kappa shape index (κ3) is 3.02. The van der Waals surface area contributed by atoms with E-state index in [2.05, 4.69) is 6.92 Å². The topological polar surface area (TPSA) is 72.6 Å². The second-order valence-corrected chi connectivity index (χ2v) is 2.72. The minimum Gasteiger partial charge on any atom is -0.491 e. The van der Waals surface area contributed by atoms with Crippen molar-refractivity contribution in [3.05, 3.63) is 41.3 Å². The summed E-state index contributed by atoms with van der Waals surface area (Å²) in [6.07, 6.45) is -0.801. The van der Waals surface area contributed by atoms with Crippen LogP contribution in [0, 0.1) is 17.0 Å². The number of hydrogen-bond acceptors (Lipinski definition) is 4. The number of aliphatic hydroxyl groups is 1. The Morgan fingerprint density at radius 2 is 2.07 bits per heavy atom. The molecule has 0 saturated heterocycles. The summed E-state index contributed by atoms with van der Waals surface area (Å²) < 4.78 is 5.07. The van der Waals surface area contributed by atoms with Crippen molar-refractivity contribution in [3.63, 3.8) is 0 Å². The first-order chi connectivity index (χ1) is 6.59. The van der Waals surface area contributed by atoms with E-state index < -0.39 is 11.0 Å². The molecule has 1 rings (SSSR count). The van der Waals surface area contributed by atoms with Crippen LogP contribution in [-0.2, 0) is 0 Å². The van der Waals surface area contributed by atoms with Gasteiger partial charge in [0.1, 0.15) is 12.4 Å². The van der Waals surface area contributed by atoms with Crippen molar-refractivity contribution >= 4 is 5.69 Å². The molecule has 5 heteroatoms. The molecule has 0 aliphatic carbocycles. The maximum absolute atomic E-state index is 10.3. The molecule has 14 heavy (non-hydrogen) atoms. The van der Waals surface area contributed by atoms with E-state index >= 15 is 0 Å². The molecule has 0 aromatic heterocycles. The number of nitro groups is 1. The van der Waals surface area contributed by atoms with Crippen LogP contribution < -0.4 is 4.74 Å². The van der Waals surface area contributed by atoms with Crippen LogP contribution in [0.15, 0.2) is 24.3 Å². The van der Waals surface area contributed by atoms with Crippen molar-refractivity contribution in [1.82, 2.24) is 0 Å². The van der Waals surface area contributed by atoms with E-state index in [0.29, 0.717) is 5.75 Å². The summed E-state index contributed by atoms with van der Waals surface area (Å²) in [5.74, 6) is 0.471. The maximum atomic E-state index is 10.3. The van der Waals surface area contributed by atoms with Gasteiger partial charge in [-0.1, -0.05) is 0 Å². The van der Waals surface area contributed by atoms with E-state index in [1.165, 1.54) is 24.3 Å². The lowest BCUT2D eigenvalue weighted by Gasteiger charge is -2.06. The normalized spacial score (nSPS) is 12.1. The molecule has 1 aromatic carbocycles. The highest BCUT2D eigenvalue weighted by Gasteiger charge is 2.04. The van der Waals surface area contributed by atoms with Gasteiger partial charge in [-0.05, 0) is 19.1 Å². The molecule has 1 N–H and O–H groups in total. The van der Waals surface area contributed by atoms with Crippen molar-refractivity contribution in [2.24, 2.45) is 0 Å². The molecule has 0 aliphatic rings. The summed E-state index contributed by atoms with van der Waals surface area (Å²) in [6, 6.07) is 5.62. The van der Waals surface area contributed by atoms with Crippen molar-refractivity contribution in [2.75, 3.05) is 6.61 Å². The largest absolute Gasteiger partial charge is 0.491 e.